The Morgan fingerprint density at radius 2 is 1.64 bits per heavy atom. The number of carbonyl (C=O) groups excluding carboxylic acids is 1. The molecule has 0 spiro atoms. The molecule has 1 N–H and O–H groups in total. The monoisotopic (exact) mass is 465 g/mol. The molecule has 0 aliphatic carbocycles. The molecule has 6 nitrogen and oxygen atoms in total. The summed E-state index contributed by atoms with van der Waals surface area (Å²) in [4.78, 5) is 15.2. The van der Waals surface area contributed by atoms with Crippen LogP contribution in [0.2, 0.25) is 0 Å². The first kappa shape index (κ1) is 23.3. The van der Waals surface area contributed by atoms with Gasteiger partial charge in [-0.25, -0.2) is 8.42 Å². The minimum Gasteiger partial charge on any atom is -0.350 e. The fourth-order valence-corrected chi connectivity index (χ4v) is 5.28. The van der Waals surface area contributed by atoms with Crippen LogP contribution in [-0.2, 0) is 27.9 Å². The number of piperidine rings is 1. The minimum atomic E-state index is -3.64. The predicted molar refractivity (Wildman–Crippen MR) is 134 cm³/mol. The number of hydrogen-bond acceptors (Lipinski definition) is 4. The Bertz CT molecular complexity index is 1210. The maximum atomic E-state index is 12.8. The number of sulfonamides is 1. The summed E-state index contributed by atoms with van der Waals surface area (Å²) in [5.74, 6) is -0.338. The van der Waals surface area contributed by atoms with Crippen LogP contribution in [0, 0.1) is 0 Å². The van der Waals surface area contributed by atoms with Crippen molar-refractivity contribution in [1.82, 2.24) is 10.2 Å². The van der Waals surface area contributed by atoms with E-state index in [4.69, 9.17) is 0 Å². The van der Waals surface area contributed by atoms with Crippen molar-refractivity contribution in [1.29, 1.82) is 0 Å². The molecule has 7 heteroatoms. The Kier molecular flexibility index (Phi) is 7.30. The number of carbonyl (C=O) groups is 1. The second-order valence-corrected chi connectivity index (χ2v) is 10.6. The average Bonchev–Trinajstić information content (AvgIpc) is 2.81. The van der Waals surface area contributed by atoms with Gasteiger partial charge in [-0.15, -0.1) is 0 Å². The van der Waals surface area contributed by atoms with Crippen LogP contribution in [0.25, 0.3) is 10.8 Å². The molecule has 0 saturated carbocycles. The van der Waals surface area contributed by atoms with E-state index in [1.807, 2.05) is 48.5 Å². The van der Waals surface area contributed by atoms with E-state index in [1.54, 1.807) is 6.07 Å². The Morgan fingerprint density at radius 1 is 0.939 bits per heavy atom. The molecule has 1 amide bonds. The van der Waals surface area contributed by atoms with Crippen molar-refractivity contribution in [2.45, 2.75) is 32.4 Å². The highest BCUT2D eigenvalue weighted by atomic mass is 32.2. The molecule has 1 heterocycles. The molecule has 1 fully saturated rings. The zero-order valence-corrected chi connectivity index (χ0v) is 19.9. The van der Waals surface area contributed by atoms with E-state index in [1.165, 1.54) is 29.1 Å². The molecule has 4 rings (SSSR count). The van der Waals surface area contributed by atoms with Crippen molar-refractivity contribution in [3.63, 3.8) is 0 Å². The molecule has 0 radical (unpaired) electrons. The third-order valence-corrected chi connectivity index (χ3v) is 7.19. The summed E-state index contributed by atoms with van der Waals surface area (Å²) in [6.07, 6.45) is 4.95. The predicted octanol–water partition coefficient (Wildman–Crippen LogP) is 3.91. The molecule has 1 saturated heterocycles. The fraction of sp³-hybridized carbons (Fsp3) is 0.346. The van der Waals surface area contributed by atoms with Crippen LogP contribution in [0.1, 0.15) is 30.4 Å². The lowest BCUT2D eigenvalue weighted by Gasteiger charge is -2.26. The Morgan fingerprint density at radius 3 is 2.42 bits per heavy atom. The summed E-state index contributed by atoms with van der Waals surface area (Å²) >= 11 is 0. The third kappa shape index (κ3) is 6.12. The quantitative estimate of drug-likeness (QED) is 0.548. The molecule has 3 aromatic rings. The van der Waals surface area contributed by atoms with Gasteiger partial charge in [0.1, 0.15) is 6.54 Å². The largest absolute Gasteiger partial charge is 0.350 e. The van der Waals surface area contributed by atoms with Gasteiger partial charge in [-0.2, -0.15) is 0 Å². The molecule has 1 aliphatic heterocycles. The van der Waals surface area contributed by atoms with Gasteiger partial charge in [0.15, 0.2) is 0 Å². The highest BCUT2D eigenvalue weighted by Crippen LogP contribution is 2.28. The van der Waals surface area contributed by atoms with Crippen LogP contribution in [-0.4, -0.2) is 45.1 Å². The van der Waals surface area contributed by atoms with Gasteiger partial charge in [0.2, 0.25) is 15.9 Å². The minimum absolute atomic E-state index is 0.264. The summed E-state index contributed by atoms with van der Waals surface area (Å²) < 4.78 is 26.3. The van der Waals surface area contributed by atoms with E-state index in [2.05, 4.69) is 22.3 Å². The van der Waals surface area contributed by atoms with Crippen molar-refractivity contribution in [2.24, 2.45) is 0 Å². The summed E-state index contributed by atoms with van der Waals surface area (Å²) in [5, 5.41) is 4.61. The zero-order valence-electron chi connectivity index (χ0n) is 19.0. The van der Waals surface area contributed by atoms with Crippen LogP contribution in [0.3, 0.4) is 0 Å². The highest BCUT2D eigenvalue weighted by Gasteiger charge is 2.22. The first-order valence-electron chi connectivity index (χ1n) is 11.4. The average molecular weight is 466 g/mol. The van der Waals surface area contributed by atoms with Crippen molar-refractivity contribution >= 4 is 32.4 Å². The van der Waals surface area contributed by atoms with E-state index < -0.39 is 10.0 Å². The van der Waals surface area contributed by atoms with Gasteiger partial charge < -0.3 is 5.32 Å². The molecule has 174 valence electrons. The van der Waals surface area contributed by atoms with E-state index in [0.717, 1.165) is 42.2 Å². The van der Waals surface area contributed by atoms with Gasteiger partial charge in [-0.1, -0.05) is 67.1 Å². The molecule has 1 aliphatic rings. The molecule has 0 bridgehead atoms. The number of rotatable bonds is 8. The SMILES string of the molecule is CS(=O)(=O)N(CC(=O)NCc1cccc(CN2CCCCC2)c1)c1cccc2ccccc12. The molecule has 0 unspecified atom stereocenters. The van der Waals surface area contributed by atoms with Crippen molar-refractivity contribution in [2.75, 3.05) is 30.2 Å². The van der Waals surface area contributed by atoms with Gasteiger partial charge in [-0.05, 0) is 48.5 Å². The first-order valence-corrected chi connectivity index (χ1v) is 13.3. The number of amides is 1. The topological polar surface area (TPSA) is 69.7 Å². The molecule has 0 aromatic heterocycles. The summed E-state index contributed by atoms with van der Waals surface area (Å²) in [5.41, 5.74) is 2.75. The van der Waals surface area contributed by atoms with E-state index in [-0.39, 0.29) is 12.5 Å². The number of benzene rings is 3. The van der Waals surface area contributed by atoms with E-state index in [9.17, 15) is 13.2 Å². The Hall–Kier alpha value is -2.90. The van der Waals surface area contributed by atoms with Gasteiger partial charge >= 0.3 is 0 Å². The normalized spacial score (nSPS) is 14.8. The second-order valence-electron chi connectivity index (χ2n) is 8.70. The van der Waals surface area contributed by atoms with Crippen LogP contribution in [0.4, 0.5) is 5.69 Å². The number of nitrogens with one attached hydrogen (secondary N) is 1. The van der Waals surface area contributed by atoms with E-state index >= 15 is 0 Å². The van der Waals surface area contributed by atoms with Crippen LogP contribution >= 0.6 is 0 Å². The zero-order chi connectivity index (χ0) is 23.3. The number of hydrogen-bond donors (Lipinski definition) is 1. The first-order chi connectivity index (χ1) is 15.9. The van der Waals surface area contributed by atoms with Crippen molar-refractivity contribution in [3.05, 3.63) is 77.9 Å². The van der Waals surface area contributed by atoms with Crippen LogP contribution < -0.4 is 9.62 Å². The van der Waals surface area contributed by atoms with Gasteiger partial charge in [0.25, 0.3) is 0 Å². The molecule has 3 aromatic carbocycles. The standard InChI is InChI=1S/C26H31N3O3S/c1-33(31,32)29(25-14-8-12-23-11-3-4-13-24(23)25)20-26(30)27-18-21-9-7-10-22(17-21)19-28-15-5-2-6-16-28/h3-4,7-14,17H,2,5-6,15-16,18-20H2,1H3,(H,27,30). The van der Waals surface area contributed by atoms with Crippen LogP contribution in [0.5, 0.6) is 0 Å². The van der Waals surface area contributed by atoms with Crippen LogP contribution in [0.15, 0.2) is 66.7 Å². The van der Waals surface area contributed by atoms with Gasteiger partial charge in [0, 0.05) is 18.5 Å². The Balaban J connectivity index is 1.43. The lowest BCUT2D eigenvalue weighted by Crippen LogP contribution is -2.40. The number of fused-ring (bicyclic) bond motifs is 1. The van der Waals surface area contributed by atoms with Gasteiger partial charge in [-0.3, -0.25) is 14.0 Å². The molecule has 0 atom stereocenters. The fourth-order valence-electron chi connectivity index (χ4n) is 4.41. The Labute approximate surface area is 196 Å². The number of likely N-dealkylation sites (tertiary alicyclic amines) is 1. The second kappa shape index (κ2) is 10.4. The van der Waals surface area contributed by atoms with Crippen molar-refractivity contribution < 1.29 is 13.2 Å². The third-order valence-electron chi connectivity index (χ3n) is 6.06. The number of anilines is 1. The lowest BCUT2D eigenvalue weighted by molar-refractivity contribution is -0.119. The maximum absolute atomic E-state index is 12.8. The summed E-state index contributed by atoms with van der Waals surface area (Å²) in [6.45, 7) is 3.29. The summed E-state index contributed by atoms with van der Waals surface area (Å²) in [6, 6.07) is 21.3. The molecular formula is C26H31N3O3S. The van der Waals surface area contributed by atoms with Crippen molar-refractivity contribution in [3.8, 4) is 0 Å². The summed E-state index contributed by atoms with van der Waals surface area (Å²) in [7, 11) is -3.64. The highest BCUT2D eigenvalue weighted by molar-refractivity contribution is 7.92. The van der Waals surface area contributed by atoms with E-state index in [0.29, 0.717) is 12.2 Å². The molecular weight excluding hydrogens is 434 g/mol. The lowest BCUT2D eigenvalue weighted by atomic mass is 10.1. The maximum Gasteiger partial charge on any atom is 0.241 e. The smallest absolute Gasteiger partial charge is 0.241 e. The number of nitrogens with zero attached hydrogens (tertiary/aromatic N) is 2. The molecule has 33 heavy (non-hydrogen) atoms. The van der Waals surface area contributed by atoms with Gasteiger partial charge in [0.05, 0.1) is 11.9 Å².